The molecule has 0 fully saturated rings. The molecule has 0 heterocycles. The van der Waals surface area contributed by atoms with E-state index in [1.807, 2.05) is 55.5 Å². The van der Waals surface area contributed by atoms with Crippen molar-refractivity contribution in [1.82, 2.24) is 5.32 Å². The molecule has 1 amide bonds. The van der Waals surface area contributed by atoms with Gasteiger partial charge in [-0.05, 0) is 24.1 Å². The van der Waals surface area contributed by atoms with Crippen LogP contribution >= 0.6 is 11.6 Å². The Morgan fingerprint density at radius 2 is 1.78 bits per heavy atom. The Morgan fingerprint density at radius 1 is 1.11 bits per heavy atom. The highest BCUT2D eigenvalue weighted by Crippen LogP contribution is 2.28. The topological polar surface area (TPSA) is 29.1 Å². The summed E-state index contributed by atoms with van der Waals surface area (Å²) in [5, 5.41) is 3.47. The number of rotatable bonds is 4. The molecule has 2 nitrogen and oxygen atoms in total. The highest BCUT2D eigenvalue weighted by atomic mass is 35.5. The van der Waals surface area contributed by atoms with E-state index in [0.29, 0.717) is 6.41 Å². The Morgan fingerprint density at radius 3 is 2.39 bits per heavy atom. The van der Waals surface area contributed by atoms with Crippen molar-refractivity contribution in [3.05, 3.63) is 59.1 Å². The van der Waals surface area contributed by atoms with Gasteiger partial charge in [-0.15, -0.1) is 0 Å². The molecule has 0 spiro atoms. The first-order chi connectivity index (χ1) is 8.72. The van der Waals surface area contributed by atoms with Gasteiger partial charge in [0.25, 0.3) is 0 Å². The van der Waals surface area contributed by atoms with Crippen molar-refractivity contribution >= 4 is 18.0 Å². The first kappa shape index (κ1) is 12.7. The Kier molecular flexibility index (Phi) is 4.00. The fraction of sp³-hybridized carbons (Fsp3) is 0.133. The van der Waals surface area contributed by atoms with Crippen LogP contribution in [0.4, 0.5) is 0 Å². The number of carbonyl (C=O) groups excluding carboxylic acids is 1. The minimum atomic E-state index is 0.0165. The monoisotopic (exact) mass is 259 g/mol. The molecule has 0 saturated heterocycles. The average Bonchev–Trinajstić information content (AvgIpc) is 2.40. The van der Waals surface area contributed by atoms with Gasteiger partial charge in [-0.2, -0.15) is 0 Å². The number of benzene rings is 2. The molecular weight excluding hydrogens is 246 g/mol. The van der Waals surface area contributed by atoms with Gasteiger partial charge in [0.1, 0.15) is 0 Å². The van der Waals surface area contributed by atoms with Gasteiger partial charge in [0, 0.05) is 10.6 Å². The molecule has 18 heavy (non-hydrogen) atoms. The van der Waals surface area contributed by atoms with Gasteiger partial charge >= 0.3 is 0 Å². The van der Waals surface area contributed by atoms with Crippen molar-refractivity contribution in [3.63, 3.8) is 0 Å². The second-order valence-electron chi connectivity index (χ2n) is 4.11. The molecule has 1 N–H and O–H groups in total. The lowest BCUT2D eigenvalue weighted by molar-refractivity contribution is -0.110. The summed E-state index contributed by atoms with van der Waals surface area (Å²) in [6.45, 7) is 1.94. The molecule has 2 aromatic rings. The van der Waals surface area contributed by atoms with Gasteiger partial charge in [-0.25, -0.2) is 0 Å². The summed E-state index contributed by atoms with van der Waals surface area (Å²) in [7, 11) is 0. The van der Waals surface area contributed by atoms with Crippen LogP contribution in [0, 0.1) is 0 Å². The highest BCUT2D eigenvalue weighted by molar-refractivity contribution is 6.33. The average molecular weight is 260 g/mol. The smallest absolute Gasteiger partial charge is 0.207 e. The van der Waals surface area contributed by atoms with Crippen molar-refractivity contribution in [2.75, 3.05) is 0 Å². The van der Waals surface area contributed by atoms with E-state index in [0.717, 1.165) is 21.7 Å². The summed E-state index contributed by atoms with van der Waals surface area (Å²) in [5.74, 6) is 0. The van der Waals surface area contributed by atoms with Crippen LogP contribution in [0.5, 0.6) is 0 Å². The SMILES string of the molecule is CC(NC=O)c1ccc(-c2ccccc2Cl)cc1. The van der Waals surface area contributed by atoms with Crippen LogP contribution in [-0.2, 0) is 4.79 Å². The predicted octanol–water partition coefficient (Wildman–Crippen LogP) is 3.81. The van der Waals surface area contributed by atoms with E-state index in [1.165, 1.54) is 0 Å². The molecule has 0 aromatic heterocycles. The van der Waals surface area contributed by atoms with Crippen LogP contribution in [0.15, 0.2) is 48.5 Å². The third-order valence-corrected chi connectivity index (χ3v) is 3.24. The minimum absolute atomic E-state index is 0.0165. The number of carbonyl (C=O) groups is 1. The first-order valence-corrected chi connectivity index (χ1v) is 6.14. The maximum atomic E-state index is 10.4. The highest BCUT2D eigenvalue weighted by Gasteiger charge is 2.05. The largest absolute Gasteiger partial charge is 0.352 e. The number of hydrogen-bond donors (Lipinski definition) is 1. The summed E-state index contributed by atoms with van der Waals surface area (Å²) < 4.78 is 0. The summed E-state index contributed by atoms with van der Waals surface area (Å²) in [5.41, 5.74) is 3.15. The Balaban J connectivity index is 2.28. The van der Waals surface area contributed by atoms with E-state index in [2.05, 4.69) is 5.32 Å². The van der Waals surface area contributed by atoms with Crippen LogP contribution in [0.2, 0.25) is 5.02 Å². The third-order valence-electron chi connectivity index (χ3n) is 2.91. The van der Waals surface area contributed by atoms with Gasteiger partial charge in [-0.3, -0.25) is 4.79 Å². The summed E-state index contributed by atoms with van der Waals surface area (Å²) in [6, 6.07) is 15.8. The molecule has 2 rings (SSSR count). The lowest BCUT2D eigenvalue weighted by Crippen LogP contribution is -2.15. The van der Waals surface area contributed by atoms with Gasteiger partial charge in [0.15, 0.2) is 0 Å². The molecule has 0 aliphatic carbocycles. The normalized spacial score (nSPS) is 11.9. The lowest BCUT2D eigenvalue weighted by atomic mass is 10.0. The molecule has 0 bridgehead atoms. The standard InChI is InChI=1S/C15H14ClNO/c1-11(17-10-18)12-6-8-13(9-7-12)14-4-2-3-5-15(14)16/h2-11H,1H3,(H,17,18). The summed E-state index contributed by atoms with van der Waals surface area (Å²) in [6.07, 6.45) is 0.715. The summed E-state index contributed by atoms with van der Waals surface area (Å²) in [4.78, 5) is 10.4. The second-order valence-corrected chi connectivity index (χ2v) is 4.52. The van der Waals surface area contributed by atoms with E-state index in [1.54, 1.807) is 0 Å². The van der Waals surface area contributed by atoms with Crippen molar-refractivity contribution < 1.29 is 4.79 Å². The lowest BCUT2D eigenvalue weighted by Gasteiger charge is -2.11. The van der Waals surface area contributed by atoms with Crippen molar-refractivity contribution in [3.8, 4) is 11.1 Å². The van der Waals surface area contributed by atoms with Crippen LogP contribution in [0.1, 0.15) is 18.5 Å². The van der Waals surface area contributed by atoms with E-state index < -0.39 is 0 Å². The van der Waals surface area contributed by atoms with Crippen LogP contribution in [-0.4, -0.2) is 6.41 Å². The molecule has 3 heteroatoms. The van der Waals surface area contributed by atoms with Crippen LogP contribution < -0.4 is 5.32 Å². The van der Waals surface area contributed by atoms with E-state index in [9.17, 15) is 4.79 Å². The van der Waals surface area contributed by atoms with Crippen molar-refractivity contribution in [2.24, 2.45) is 0 Å². The van der Waals surface area contributed by atoms with Gasteiger partial charge in [-0.1, -0.05) is 54.1 Å². The van der Waals surface area contributed by atoms with E-state index >= 15 is 0 Å². The Hall–Kier alpha value is -1.80. The second kappa shape index (κ2) is 5.69. The van der Waals surface area contributed by atoms with Crippen LogP contribution in [0.3, 0.4) is 0 Å². The Labute approximate surface area is 112 Å². The molecule has 92 valence electrons. The zero-order valence-corrected chi connectivity index (χ0v) is 10.8. The van der Waals surface area contributed by atoms with Gasteiger partial charge in [0.05, 0.1) is 6.04 Å². The number of hydrogen-bond acceptors (Lipinski definition) is 1. The molecule has 0 saturated carbocycles. The maximum Gasteiger partial charge on any atom is 0.207 e. The van der Waals surface area contributed by atoms with E-state index in [-0.39, 0.29) is 6.04 Å². The molecule has 1 atom stereocenters. The zero-order chi connectivity index (χ0) is 13.0. The molecule has 0 aliphatic heterocycles. The van der Waals surface area contributed by atoms with Gasteiger partial charge < -0.3 is 5.32 Å². The molecule has 1 unspecified atom stereocenters. The van der Waals surface area contributed by atoms with E-state index in [4.69, 9.17) is 11.6 Å². The van der Waals surface area contributed by atoms with Gasteiger partial charge in [0.2, 0.25) is 6.41 Å². The fourth-order valence-electron chi connectivity index (χ4n) is 1.84. The zero-order valence-electron chi connectivity index (χ0n) is 10.1. The predicted molar refractivity (Wildman–Crippen MR) is 74.5 cm³/mol. The summed E-state index contributed by atoms with van der Waals surface area (Å²) >= 11 is 6.15. The van der Waals surface area contributed by atoms with Crippen LogP contribution in [0.25, 0.3) is 11.1 Å². The minimum Gasteiger partial charge on any atom is -0.352 e. The maximum absolute atomic E-state index is 10.4. The molecule has 0 aliphatic rings. The molecule has 0 radical (unpaired) electrons. The number of halogens is 1. The number of amides is 1. The quantitative estimate of drug-likeness (QED) is 0.831. The first-order valence-electron chi connectivity index (χ1n) is 5.77. The molecular formula is C15H14ClNO. The number of nitrogens with one attached hydrogen (secondary N) is 1. The van der Waals surface area contributed by atoms with Crippen molar-refractivity contribution in [2.45, 2.75) is 13.0 Å². The molecule has 2 aromatic carbocycles. The Bertz CT molecular complexity index is 536. The fourth-order valence-corrected chi connectivity index (χ4v) is 2.09. The third kappa shape index (κ3) is 2.71. The van der Waals surface area contributed by atoms with Crippen molar-refractivity contribution in [1.29, 1.82) is 0 Å².